The molecule has 6 nitrogen and oxygen atoms in total. The van der Waals surface area contributed by atoms with Gasteiger partial charge in [0.25, 0.3) is 11.5 Å². The van der Waals surface area contributed by atoms with Gasteiger partial charge in [0.15, 0.2) is 5.16 Å². The first-order valence-electron chi connectivity index (χ1n) is 10.0. The minimum atomic E-state index is -0.280. The number of carbonyl (C=O) groups is 1. The molecule has 0 saturated carbocycles. The van der Waals surface area contributed by atoms with Gasteiger partial charge >= 0.3 is 0 Å². The van der Waals surface area contributed by atoms with Crippen molar-refractivity contribution in [3.63, 3.8) is 0 Å². The third-order valence-corrected chi connectivity index (χ3v) is 9.03. The van der Waals surface area contributed by atoms with E-state index in [1.54, 1.807) is 46.4 Å². The molecular weight excluding hydrogens is 564 g/mol. The number of aryl methyl sites for hydroxylation is 2. The van der Waals surface area contributed by atoms with E-state index in [4.69, 9.17) is 16.6 Å². The van der Waals surface area contributed by atoms with E-state index in [1.165, 1.54) is 28.0 Å². The molecule has 168 valence electrons. The van der Waals surface area contributed by atoms with Gasteiger partial charge in [-0.3, -0.25) is 14.2 Å². The lowest BCUT2D eigenvalue weighted by Gasteiger charge is -2.12. The molecule has 0 bridgehead atoms. The van der Waals surface area contributed by atoms with Gasteiger partial charge in [0.2, 0.25) is 0 Å². The zero-order valence-corrected chi connectivity index (χ0v) is 21.8. The second-order valence-corrected chi connectivity index (χ2v) is 12.2. The Labute approximate surface area is 214 Å². The lowest BCUT2D eigenvalue weighted by atomic mass is 10.2. The fourth-order valence-corrected chi connectivity index (χ4v) is 7.20. The monoisotopic (exact) mass is 578 g/mol. The second-order valence-electron chi connectivity index (χ2n) is 7.27. The van der Waals surface area contributed by atoms with Crippen LogP contribution in [0.1, 0.15) is 21.7 Å². The van der Waals surface area contributed by atoms with E-state index in [-0.39, 0.29) is 17.2 Å². The number of aromatic nitrogens is 2. The van der Waals surface area contributed by atoms with Crippen molar-refractivity contribution in [2.24, 2.45) is 5.10 Å². The Morgan fingerprint density at radius 2 is 2.06 bits per heavy atom. The van der Waals surface area contributed by atoms with E-state index in [0.717, 1.165) is 38.3 Å². The van der Waals surface area contributed by atoms with E-state index in [0.29, 0.717) is 21.3 Å². The first-order valence-corrected chi connectivity index (χ1v) is 13.8. The van der Waals surface area contributed by atoms with Crippen LogP contribution >= 0.6 is 62.0 Å². The molecule has 0 unspecified atom stereocenters. The molecule has 0 atom stereocenters. The third-order valence-electron chi connectivity index (χ3n) is 5.10. The van der Waals surface area contributed by atoms with Crippen LogP contribution in [0.25, 0.3) is 15.9 Å². The van der Waals surface area contributed by atoms with Gasteiger partial charge in [0.1, 0.15) is 4.83 Å². The zero-order chi connectivity index (χ0) is 22.9. The number of fused-ring (bicyclic) bond motifs is 3. The fraction of sp³-hybridized carbons (Fsp3) is 0.182. The van der Waals surface area contributed by atoms with Gasteiger partial charge in [-0.1, -0.05) is 23.4 Å². The van der Waals surface area contributed by atoms with Gasteiger partial charge in [0, 0.05) is 14.8 Å². The van der Waals surface area contributed by atoms with Crippen molar-refractivity contribution in [3.8, 4) is 5.69 Å². The highest BCUT2D eigenvalue weighted by Crippen LogP contribution is 2.36. The number of rotatable bonds is 6. The Balaban J connectivity index is 1.43. The lowest BCUT2D eigenvalue weighted by molar-refractivity contribution is -0.118. The van der Waals surface area contributed by atoms with E-state index in [1.807, 2.05) is 12.1 Å². The minimum absolute atomic E-state index is 0.0715. The summed E-state index contributed by atoms with van der Waals surface area (Å²) in [6, 6.07) is 10.9. The Kier molecular flexibility index (Phi) is 6.71. The van der Waals surface area contributed by atoms with Crippen molar-refractivity contribution in [3.05, 3.63) is 70.9 Å². The van der Waals surface area contributed by atoms with Crippen LogP contribution in [0.5, 0.6) is 0 Å². The summed E-state index contributed by atoms with van der Waals surface area (Å²) in [4.78, 5) is 33.7. The SMILES string of the molecule is O=C(CSc1nc2sc3c(c2c(=O)n1-c1ccc(Cl)cc1)CCC3)NN=Cc1ccc(Br)s1. The normalized spacial score (nSPS) is 13.2. The average Bonchev–Trinajstić information content (AvgIpc) is 3.49. The van der Waals surface area contributed by atoms with Gasteiger partial charge in [0.05, 0.1) is 26.8 Å². The largest absolute Gasteiger partial charge is 0.272 e. The molecule has 0 spiro atoms. The molecule has 0 fully saturated rings. The zero-order valence-electron chi connectivity index (χ0n) is 17.0. The number of hydrogen-bond acceptors (Lipinski definition) is 7. The molecule has 1 aromatic carbocycles. The molecule has 1 amide bonds. The number of benzene rings is 1. The molecule has 0 aliphatic heterocycles. The molecule has 1 aliphatic rings. The summed E-state index contributed by atoms with van der Waals surface area (Å²) in [5, 5.41) is 5.76. The number of hydrazone groups is 1. The number of thiophene rings is 2. The van der Waals surface area contributed by atoms with E-state index < -0.39 is 0 Å². The highest BCUT2D eigenvalue weighted by Gasteiger charge is 2.24. The number of amides is 1. The minimum Gasteiger partial charge on any atom is -0.272 e. The smallest absolute Gasteiger partial charge is 0.267 e. The molecule has 0 radical (unpaired) electrons. The molecule has 3 aromatic heterocycles. The number of halogens is 2. The first kappa shape index (κ1) is 22.8. The maximum atomic E-state index is 13.6. The standard InChI is InChI=1S/C22H16BrClN4O2S3/c23-17-9-8-14(32-17)10-25-27-18(29)11-31-22-26-20-19(15-2-1-3-16(15)33-20)21(30)28(22)13-6-4-12(24)5-7-13/h4-10H,1-3,11H2,(H,27,29). The summed E-state index contributed by atoms with van der Waals surface area (Å²) < 4.78 is 2.57. The van der Waals surface area contributed by atoms with Crippen molar-refractivity contribution in [2.45, 2.75) is 24.4 Å². The van der Waals surface area contributed by atoms with Crippen LogP contribution in [-0.2, 0) is 17.6 Å². The molecule has 33 heavy (non-hydrogen) atoms. The fourth-order valence-electron chi connectivity index (χ4n) is 3.67. The number of hydrogen-bond donors (Lipinski definition) is 1. The third kappa shape index (κ3) is 4.81. The average molecular weight is 580 g/mol. The van der Waals surface area contributed by atoms with Crippen LogP contribution in [0.2, 0.25) is 5.02 Å². The van der Waals surface area contributed by atoms with Crippen LogP contribution in [0.4, 0.5) is 0 Å². The summed E-state index contributed by atoms with van der Waals surface area (Å²) in [5.74, 6) is -0.209. The summed E-state index contributed by atoms with van der Waals surface area (Å²) in [6.07, 6.45) is 4.55. The van der Waals surface area contributed by atoms with Crippen LogP contribution < -0.4 is 11.0 Å². The van der Waals surface area contributed by atoms with Gasteiger partial charge in [-0.15, -0.1) is 22.7 Å². The Bertz CT molecular complexity index is 1440. The van der Waals surface area contributed by atoms with Crippen LogP contribution in [0.3, 0.4) is 0 Å². The molecular formula is C22H16BrClN4O2S3. The highest BCUT2D eigenvalue weighted by molar-refractivity contribution is 9.11. The van der Waals surface area contributed by atoms with Crippen LogP contribution in [0.15, 0.2) is 55.2 Å². The summed E-state index contributed by atoms with van der Waals surface area (Å²) in [7, 11) is 0. The topological polar surface area (TPSA) is 76.3 Å². The van der Waals surface area contributed by atoms with E-state index >= 15 is 0 Å². The first-order chi connectivity index (χ1) is 16.0. The predicted octanol–water partition coefficient (Wildman–Crippen LogP) is 5.66. The van der Waals surface area contributed by atoms with Crippen molar-refractivity contribution < 1.29 is 4.79 Å². The summed E-state index contributed by atoms with van der Waals surface area (Å²) >= 11 is 13.8. The quantitative estimate of drug-likeness (QED) is 0.139. The molecule has 5 rings (SSSR count). The maximum absolute atomic E-state index is 13.6. The molecule has 4 aromatic rings. The Morgan fingerprint density at radius 1 is 1.24 bits per heavy atom. The molecule has 11 heteroatoms. The summed E-state index contributed by atoms with van der Waals surface area (Å²) in [6.45, 7) is 0. The van der Waals surface area contributed by atoms with Crippen LogP contribution in [-0.4, -0.2) is 27.4 Å². The van der Waals surface area contributed by atoms with Crippen LogP contribution in [0, 0.1) is 0 Å². The number of nitrogens with zero attached hydrogens (tertiary/aromatic N) is 3. The molecule has 0 saturated heterocycles. The highest BCUT2D eigenvalue weighted by atomic mass is 79.9. The number of thioether (sulfide) groups is 1. The summed E-state index contributed by atoms with van der Waals surface area (Å²) in [5.41, 5.74) is 4.22. The lowest BCUT2D eigenvalue weighted by Crippen LogP contribution is -2.24. The number of nitrogens with one attached hydrogen (secondary N) is 1. The van der Waals surface area contributed by atoms with E-state index in [9.17, 15) is 9.59 Å². The molecule has 3 heterocycles. The molecule has 1 N–H and O–H groups in total. The predicted molar refractivity (Wildman–Crippen MR) is 141 cm³/mol. The van der Waals surface area contributed by atoms with Gasteiger partial charge in [-0.2, -0.15) is 5.10 Å². The Hall–Kier alpha value is -1.98. The second kappa shape index (κ2) is 9.71. The van der Waals surface area contributed by atoms with Crippen molar-refractivity contribution in [2.75, 3.05) is 5.75 Å². The van der Waals surface area contributed by atoms with E-state index in [2.05, 4.69) is 26.5 Å². The van der Waals surface area contributed by atoms with Crippen molar-refractivity contribution in [1.29, 1.82) is 0 Å². The van der Waals surface area contributed by atoms with Crippen molar-refractivity contribution >= 4 is 84.3 Å². The maximum Gasteiger partial charge on any atom is 0.267 e. The number of carbonyl (C=O) groups excluding carboxylic acids is 1. The van der Waals surface area contributed by atoms with Crippen molar-refractivity contribution in [1.82, 2.24) is 15.0 Å². The Morgan fingerprint density at radius 3 is 2.82 bits per heavy atom. The molecule has 1 aliphatic carbocycles. The van der Waals surface area contributed by atoms with Gasteiger partial charge in [-0.25, -0.2) is 10.4 Å². The van der Waals surface area contributed by atoms with Gasteiger partial charge in [-0.05, 0) is 77.2 Å². The van der Waals surface area contributed by atoms with Gasteiger partial charge < -0.3 is 0 Å².